The minimum absolute atomic E-state index is 0.245. The molecule has 1 aliphatic rings. The number of likely N-dealkylation sites (tertiary alicyclic amines) is 1. The van der Waals surface area contributed by atoms with Gasteiger partial charge in [0.1, 0.15) is 17.6 Å². The van der Waals surface area contributed by atoms with Crippen LogP contribution in [0, 0.1) is 34.9 Å². The van der Waals surface area contributed by atoms with Crippen LogP contribution in [0.4, 0.5) is 26.3 Å². The molecule has 0 radical (unpaired) electrons. The van der Waals surface area contributed by atoms with Crippen molar-refractivity contribution in [3.63, 3.8) is 0 Å². The van der Waals surface area contributed by atoms with E-state index in [0.717, 1.165) is 0 Å². The Kier molecular flexibility index (Phi) is 6.87. The third-order valence-corrected chi connectivity index (χ3v) is 5.19. The van der Waals surface area contributed by atoms with Crippen LogP contribution in [-0.2, 0) is 14.3 Å². The zero-order valence-electron chi connectivity index (χ0n) is 16.3. The van der Waals surface area contributed by atoms with Crippen LogP contribution in [0.15, 0.2) is 12.1 Å². The Bertz CT molecular complexity index is 1070. The van der Waals surface area contributed by atoms with Gasteiger partial charge in [0.15, 0.2) is 29.9 Å². The average Bonchev–Trinajstić information content (AvgIpc) is 3.26. The summed E-state index contributed by atoms with van der Waals surface area (Å²) < 4.78 is 92.7. The van der Waals surface area contributed by atoms with Crippen molar-refractivity contribution in [2.45, 2.75) is 18.9 Å². The molecule has 1 heterocycles. The Morgan fingerprint density at radius 3 is 2.22 bits per heavy atom. The molecule has 0 spiro atoms. The fraction of sp³-hybridized carbons (Fsp3) is 0.300. The fourth-order valence-electron chi connectivity index (χ4n) is 3.34. The van der Waals surface area contributed by atoms with Crippen molar-refractivity contribution >= 4 is 23.5 Å². The lowest BCUT2D eigenvalue weighted by molar-refractivity contribution is -0.151. The predicted octanol–water partition coefficient (Wildman–Crippen LogP) is 4.38. The lowest BCUT2D eigenvalue weighted by atomic mass is 10.0. The molecule has 1 fully saturated rings. The van der Waals surface area contributed by atoms with Crippen molar-refractivity contribution in [3.05, 3.63) is 52.1 Å². The van der Waals surface area contributed by atoms with E-state index in [4.69, 9.17) is 16.3 Å². The van der Waals surface area contributed by atoms with E-state index in [1.165, 1.54) is 12.0 Å². The molecule has 1 aliphatic heterocycles. The molecule has 0 aliphatic carbocycles. The zero-order chi connectivity index (χ0) is 23.7. The number of hydrogen-bond acceptors (Lipinski definition) is 4. The molecule has 0 aromatic heterocycles. The number of rotatable bonds is 5. The SMILES string of the molecule is COC(=O)[C@@H]1CCCN1C(=O)COc1cc(-c2c(F)c(F)c(F)c(F)c2F)c(F)cc1Cl. The lowest BCUT2D eigenvalue weighted by Gasteiger charge is -2.22. The van der Waals surface area contributed by atoms with E-state index in [-0.39, 0.29) is 6.54 Å². The van der Waals surface area contributed by atoms with E-state index in [1.807, 2.05) is 0 Å². The average molecular weight is 482 g/mol. The molecule has 0 N–H and O–H groups in total. The maximum atomic E-state index is 14.3. The van der Waals surface area contributed by atoms with Gasteiger partial charge < -0.3 is 14.4 Å². The molecule has 2 aromatic rings. The van der Waals surface area contributed by atoms with Crippen LogP contribution in [0.5, 0.6) is 5.75 Å². The molecule has 3 rings (SSSR count). The first-order valence-electron chi connectivity index (χ1n) is 9.09. The summed E-state index contributed by atoms with van der Waals surface area (Å²) in [5.41, 5.74) is -2.53. The van der Waals surface area contributed by atoms with Crippen LogP contribution in [0.1, 0.15) is 12.8 Å². The van der Waals surface area contributed by atoms with E-state index < -0.39 is 81.3 Å². The molecule has 0 bridgehead atoms. The third-order valence-electron chi connectivity index (χ3n) is 4.90. The van der Waals surface area contributed by atoms with Crippen LogP contribution >= 0.6 is 11.6 Å². The summed E-state index contributed by atoms with van der Waals surface area (Å²) in [7, 11) is 1.17. The number of methoxy groups -OCH3 is 1. The topological polar surface area (TPSA) is 55.8 Å². The van der Waals surface area contributed by atoms with Gasteiger partial charge in [0.05, 0.1) is 17.7 Å². The summed E-state index contributed by atoms with van der Waals surface area (Å²) >= 11 is 5.84. The molecular formula is C20H14ClF6NO4. The number of ether oxygens (including phenoxy) is 2. The van der Waals surface area contributed by atoms with Gasteiger partial charge in [-0.3, -0.25) is 4.79 Å². The Morgan fingerprint density at radius 2 is 1.62 bits per heavy atom. The summed E-state index contributed by atoms with van der Waals surface area (Å²) in [6.07, 6.45) is 0.910. The van der Waals surface area contributed by atoms with Crippen LogP contribution in [0.3, 0.4) is 0 Å². The first-order valence-corrected chi connectivity index (χ1v) is 9.47. The zero-order valence-corrected chi connectivity index (χ0v) is 17.0. The summed E-state index contributed by atoms with van der Waals surface area (Å²) in [5.74, 6) is -14.5. The van der Waals surface area contributed by atoms with Gasteiger partial charge in [0, 0.05) is 12.1 Å². The first kappa shape index (κ1) is 23.7. The monoisotopic (exact) mass is 481 g/mol. The second-order valence-electron chi connectivity index (χ2n) is 6.76. The highest BCUT2D eigenvalue weighted by atomic mass is 35.5. The highest BCUT2D eigenvalue weighted by Crippen LogP contribution is 2.38. The molecule has 0 saturated carbocycles. The van der Waals surface area contributed by atoms with E-state index >= 15 is 0 Å². The van der Waals surface area contributed by atoms with Crippen molar-refractivity contribution < 1.29 is 45.4 Å². The number of carbonyl (C=O) groups excluding carboxylic acids is 2. The second kappa shape index (κ2) is 9.27. The highest BCUT2D eigenvalue weighted by molar-refractivity contribution is 6.32. The smallest absolute Gasteiger partial charge is 0.328 e. The van der Waals surface area contributed by atoms with Gasteiger partial charge in [-0.25, -0.2) is 31.1 Å². The lowest BCUT2D eigenvalue weighted by Crippen LogP contribution is -2.43. The van der Waals surface area contributed by atoms with Crippen molar-refractivity contribution in [1.29, 1.82) is 0 Å². The highest BCUT2D eigenvalue weighted by Gasteiger charge is 2.35. The van der Waals surface area contributed by atoms with Crippen LogP contribution < -0.4 is 4.74 Å². The van der Waals surface area contributed by atoms with Crippen molar-refractivity contribution in [2.75, 3.05) is 20.3 Å². The van der Waals surface area contributed by atoms with Gasteiger partial charge in [-0.15, -0.1) is 0 Å². The summed E-state index contributed by atoms with van der Waals surface area (Å²) in [6, 6.07) is 0.344. The number of esters is 1. The van der Waals surface area contributed by atoms with E-state index in [0.29, 0.717) is 25.0 Å². The van der Waals surface area contributed by atoms with Gasteiger partial charge in [-0.05, 0) is 25.0 Å². The van der Waals surface area contributed by atoms with Gasteiger partial charge in [0.25, 0.3) is 5.91 Å². The van der Waals surface area contributed by atoms with Gasteiger partial charge in [0.2, 0.25) is 5.82 Å². The normalized spacial score (nSPS) is 15.8. The molecule has 1 saturated heterocycles. The van der Waals surface area contributed by atoms with E-state index in [1.54, 1.807) is 0 Å². The number of nitrogens with zero attached hydrogens (tertiary/aromatic N) is 1. The number of benzene rings is 2. The molecule has 5 nitrogen and oxygen atoms in total. The molecule has 1 atom stereocenters. The molecular weight excluding hydrogens is 468 g/mol. The van der Waals surface area contributed by atoms with Crippen molar-refractivity contribution in [1.82, 2.24) is 4.90 Å². The Balaban J connectivity index is 1.91. The van der Waals surface area contributed by atoms with E-state index in [9.17, 15) is 35.9 Å². The summed E-state index contributed by atoms with van der Waals surface area (Å²) in [4.78, 5) is 25.4. The number of halogens is 7. The second-order valence-corrected chi connectivity index (χ2v) is 7.17. The number of carbonyl (C=O) groups is 2. The molecule has 1 amide bonds. The number of amides is 1. The molecule has 2 aromatic carbocycles. The van der Waals surface area contributed by atoms with Crippen molar-refractivity contribution in [3.8, 4) is 16.9 Å². The molecule has 32 heavy (non-hydrogen) atoms. The van der Waals surface area contributed by atoms with Crippen molar-refractivity contribution in [2.24, 2.45) is 0 Å². The van der Waals surface area contributed by atoms with Gasteiger partial charge in [-0.1, -0.05) is 11.6 Å². The van der Waals surface area contributed by atoms with Gasteiger partial charge in [-0.2, -0.15) is 0 Å². The minimum Gasteiger partial charge on any atom is -0.482 e. The summed E-state index contributed by atoms with van der Waals surface area (Å²) in [6.45, 7) is -0.454. The van der Waals surface area contributed by atoms with Crippen LogP contribution in [0.2, 0.25) is 5.02 Å². The standard InChI is InChI=1S/C20H14ClF6NO4/c1-31-20(30)11-3-2-4-28(11)13(29)7-32-12-5-8(10(22)6-9(12)21)14-15(23)17(25)19(27)18(26)16(14)24/h5-6,11H,2-4,7H2,1H3/t11-/m0/s1. The largest absolute Gasteiger partial charge is 0.482 e. The number of hydrogen-bond donors (Lipinski definition) is 0. The first-order chi connectivity index (χ1) is 15.1. The molecule has 172 valence electrons. The minimum atomic E-state index is -2.40. The van der Waals surface area contributed by atoms with Gasteiger partial charge >= 0.3 is 5.97 Å². The van der Waals surface area contributed by atoms with Crippen LogP contribution in [-0.4, -0.2) is 43.1 Å². The Morgan fingerprint density at radius 1 is 1.03 bits per heavy atom. The van der Waals surface area contributed by atoms with E-state index in [2.05, 4.69) is 4.74 Å². The Labute approximate surface area is 182 Å². The van der Waals surface area contributed by atoms with Crippen LogP contribution in [0.25, 0.3) is 11.1 Å². The Hall–Kier alpha value is -2.95. The molecule has 0 unspecified atom stereocenters. The fourth-order valence-corrected chi connectivity index (χ4v) is 3.55. The summed E-state index contributed by atoms with van der Waals surface area (Å²) in [5, 5.41) is -0.422. The predicted molar refractivity (Wildman–Crippen MR) is 98.9 cm³/mol. The maximum Gasteiger partial charge on any atom is 0.328 e. The third kappa shape index (κ3) is 4.21. The quantitative estimate of drug-likeness (QED) is 0.275. The maximum absolute atomic E-state index is 14.3. The molecule has 12 heteroatoms.